The van der Waals surface area contributed by atoms with E-state index >= 15 is 0 Å². The molecule has 2 saturated heterocycles. The fourth-order valence-electron chi connectivity index (χ4n) is 3.60. The summed E-state index contributed by atoms with van der Waals surface area (Å²) in [5.74, 6) is -1.61. The van der Waals surface area contributed by atoms with Crippen LogP contribution in [0, 0.1) is 5.92 Å². The maximum Gasteiger partial charge on any atom is 0.308 e. The first-order valence-electron chi connectivity index (χ1n) is 8.90. The Bertz CT molecular complexity index is 585. The second-order valence-corrected chi connectivity index (χ2v) is 6.72. The summed E-state index contributed by atoms with van der Waals surface area (Å²) in [6.45, 7) is 2.38. The van der Waals surface area contributed by atoms with Crippen LogP contribution < -0.4 is 0 Å². The second kappa shape index (κ2) is 8.45. The number of ether oxygens (including phenoxy) is 2. The quantitative estimate of drug-likeness (QED) is 0.763. The third kappa shape index (κ3) is 4.58. The van der Waals surface area contributed by atoms with Gasteiger partial charge in [0.25, 0.3) is 0 Å². The van der Waals surface area contributed by atoms with E-state index in [2.05, 4.69) is 0 Å². The molecule has 2 heterocycles. The first kappa shape index (κ1) is 17.9. The van der Waals surface area contributed by atoms with Crippen molar-refractivity contribution in [3.63, 3.8) is 0 Å². The zero-order chi connectivity index (χ0) is 17.6. The molecule has 2 aliphatic heterocycles. The van der Waals surface area contributed by atoms with E-state index in [9.17, 15) is 14.7 Å². The Hall–Kier alpha value is -1.92. The van der Waals surface area contributed by atoms with E-state index in [0.717, 1.165) is 25.0 Å². The number of likely N-dealkylation sites (tertiary alicyclic amines) is 1. The fourth-order valence-corrected chi connectivity index (χ4v) is 3.60. The molecular formula is C19H25NO5. The van der Waals surface area contributed by atoms with Gasteiger partial charge >= 0.3 is 5.97 Å². The van der Waals surface area contributed by atoms with Crippen LogP contribution >= 0.6 is 0 Å². The van der Waals surface area contributed by atoms with Gasteiger partial charge in [-0.15, -0.1) is 0 Å². The summed E-state index contributed by atoms with van der Waals surface area (Å²) in [5, 5.41) is 9.50. The molecule has 25 heavy (non-hydrogen) atoms. The number of amides is 1. The van der Waals surface area contributed by atoms with Crippen LogP contribution in [0.15, 0.2) is 30.3 Å². The predicted molar refractivity (Wildman–Crippen MR) is 91.3 cm³/mol. The van der Waals surface area contributed by atoms with Gasteiger partial charge < -0.3 is 19.5 Å². The number of aliphatic carboxylic acids is 1. The lowest BCUT2D eigenvalue weighted by Gasteiger charge is -2.17. The summed E-state index contributed by atoms with van der Waals surface area (Å²) < 4.78 is 11.0. The smallest absolute Gasteiger partial charge is 0.308 e. The molecule has 0 radical (unpaired) electrons. The van der Waals surface area contributed by atoms with Gasteiger partial charge in [0.15, 0.2) is 0 Å². The molecule has 2 aliphatic rings. The molecule has 3 rings (SSSR count). The molecule has 136 valence electrons. The minimum absolute atomic E-state index is 0.0444. The van der Waals surface area contributed by atoms with Crippen molar-refractivity contribution < 1.29 is 24.2 Å². The summed E-state index contributed by atoms with van der Waals surface area (Å²) in [4.78, 5) is 25.7. The van der Waals surface area contributed by atoms with Crippen molar-refractivity contribution in [3.05, 3.63) is 35.9 Å². The molecular weight excluding hydrogens is 322 g/mol. The number of carboxylic acids is 1. The lowest BCUT2D eigenvalue weighted by molar-refractivity contribution is -0.141. The molecule has 0 aliphatic carbocycles. The molecule has 1 unspecified atom stereocenters. The molecule has 1 aromatic carbocycles. The third-order valence-electron chi connectivity index (χ3n) is 5.01. The molecule has 0 spiro atoms. The van der Waals surface area contributed by atoms with Crippen LogP contribution in [0.5, 0.6) is 0 Å². The van der Waals surface area contributed by atoms with E-state index in [1.54, 1.807) is 4.90 Å². The largest absolute Gasteiger partial charge is 0.481 e. The van der Waals surface area contributed by atoms with Gasteiger partial charge in [-0.25, -0.2) is 0 Å². The van der Waals surface area contributed by atoms with Crippen molar-refractivity contribution in [1.29, 1.82) is 0 Å². The highest BCUT2D eigenvalue weighted by Crippen LogP contribution is 2.33. The first-order chi connectivity index (χ1) is 12.1. The molecule has 3 atom stereocenters. The number of hydrogen-bond acceptors (Lipinski definition) is 4. The van der Waals surface area contributed by atoms with E-state index in [1.807, 2.05) is 30.3 Å². The topological polar surface area (TPSA) is 76.1 Å². The molecule has 1 aromatic rings. The van der Waals surface area contributed by atoms with Crippen molar-refractivity contribution in [2.24, 2.45) is 5.92 Å². The van der Waals surface area contributed by atoms with Crippen molar-refractivity contribution in [3.8, 4) is 0 Å². The highest BCUT2D eigenvalue weighted by molar-refractivity contribution is 5.79. The SMILES string of the molecule is O=C(O)[C@@H]1CN(C(=O)CCOCC2CCCO2)C[C@@H]1c1ccccc1. The van der Waals surface area contributed by atoms with E-state index in [-0.39, 0.29) is 30.9 Å². The summed E-state index contributed by atoms with van der Waals surface area (Å²) in [6.07, 6.45) is 2.51. The Kier molecular flexibility index (Phi) is 6.04. The molecule has 1 N–H and O–H groups in total. The molecule has 1 amide bonds. The first-order valence-corrected chi connectivity index (χ1v) is 8.90. The minimum Gasteiger partial charge on any atom is -0.481 e. The van der Waals surface area contributed by atoms with E-state index in [1.165, 1.54) is 0 Å². The van der Waals surface area contributed by atoms with Crippen LogP contribution in [-0.2, 0) is 19.1 Å². The van der Waals surface area contributed by atoms with Crippen molar-refractivity contribution in [1.82, 2.24) is 4.90 Å². The van der Waals surface area contributed by atoms with Gasteiger partial charge in [0, 0.05) is 25.6 Å². The summed E-state index contributed by atoms with van der Waals surface area (Å²) >= 11 is 0. The molecule has 0 aromatic heterocycles. The van der Waals surface area contributed by atoms with E-state index < -0.39 is 11.9 Å². The van der Waals surface area contributed by atoms with Gasteiger partial charge in [0.05, 0.1) is 31.7 Å². The zero-order valence-electron chi connectivity index (χ0n) is 14.3. The lowest BCUT2D eigenvalue weighted by Crippen LogP contribution is -2.30. The highest BCUT2D eigenvalue weighted by Gasteiger charge is 2.40. The van der Waals surface area contributed by atoms with Crippen LogP contribution in [0.1, 0.15) is 30.7 Å². The van der Waals surface area contributed by atoms with Crippen LogP contribution in [0.2, 0.25) is 0 Å². The van der Waals surface area contributed by atoms with Crippen LogP contribution in [0.3, 0.4) is 0 Å². The number of rotatable bonds is 7. The van der Waals surface area contributed by atoms with Gasteiger partial charge in [-0.2, -0.15) is 0 Å². The van der Waals surface area contributed by atoms with E-state index in [0.29, 0.717) is 19.8 Å². The monoisotopic (exact) mass is 347 g/mol. The zero-order valence-corrected chi connectivity index (χ0v) is 14.3. The van der Waals surface area contributed by atoms with Gasteiger partial charge in [-0.05, 0) is 18.4 Å². The maximum atomic E-state index is 12.4. The maximum absolute atomic E-state index is 12.4. The van der Waals surface area contributed by atoms with Gasteiger partial charge in [-0.3, -0.25) is 9.59 Å². The van der Waals surface area contributed by atoms with Crippen molar-refractivity contribution in [2.45, 2.75) is 31.3 Å². The van der Waals surface area contributed by atoms with Crippen molar-refractivity contribution >= 4 is 11.9 Å². The van der Waals surface area contributed by atoms with Gasteiger partial charge in [0.1, 0.15) is 0 Å². The standard InChI is InChI=1S/C19H25NO5/c21-18(8-10-24-13-15-7-4-9-25-15)20-11-16(17(12-20)19(22)23)14-5-2-1-3-6-14/h1-3,5-6,15-17H,4,7-13H2,(H,22,23)/t15?,16-,17-/m1/s1. The Morgan fingerprint density at radius 1 is 1.24 bits per heavy atom. The number of carbonyl (C=O) groups excluding carboxylic acids is 1. The summed E-state index contributed by atoms with van der Waals surface area (Å²) in [5.41, 5.74) is 0.972. The number of benzene rings is 1. The predicted octanol–water partition coefficient (Wildman–Crippen LogP) is 1.90. The van der Waals surface area contributed by atoms with Crippen molar-refractivity contribution in [2.75, 3.05) is 32.9 Å². The summed E-state index contributed by atoms with van der Waals surface area (Å²) in [6, 6.07) is 9.57. The highest BCUT2D eigenvalue weighted by atomic mass is 16.5. The average Bonchev–Trinajstić information content (AvgIpc) is 3.29. The van der Waals surface area contributed by atoms with Gasteiger partial charge in [0.2, 0.25) is 5.91 Å². The second-order valence-electron chi connectivity index (χ2n) is 6.72. The normalized spacial score (nSPS) is 26.1. The Balaban J connectivity index is 1.50. The third-order valence-corrected chi connectivity index (χ3v) is 5.01. The number of carbonyl (C=O) groups is 2. The Labute approximate surface area is 147 Å². The Morgan fingerprint density at radius 3 is 2.72 bits per heavy atom. The van der Waals surface area contributed by atoms with Gasteiger partial charge in [-0.1, -0.05) is 30.3 Å². The minimum atomic E-state index is -0.848. The molecule has 6 nitrogen and oxygen atoms in total. The Morgan fingerprint density at radius 2 is 2.04 bits per heavy atom. The molecule has 0 bridgehead atoms. The molecule has 0 saturated carbocycles. The average molecular weight is 347 g/mol. The van der Waals surface area contributed by atoms with E-state index in [4.69, 9.17) is 9.47 Å². The lowest BCUT2D eigenvalue weighted by atomic mass is 9.89. The number of nitrogens with zero attached hydrogens (tertiary/aromatic N) is 1. The number of carboxylic acid groups (broad SMARTS) is 1. The summed E-state index contributed by atoms with van der Waals surface area (Å²) in [7, 11) is 0. The number of hydrogen-bond donors (Lipinski definition) is 1. The van der Waals surface area contributed by atoms with Crippen LogP contribution in [0.25, 0.3) is 0 Å². The van der Waals surface area contributed by atoms with Crippen LogP contribution in [-0.4, -0.2) is 60.9 Å². The van der Waals surface area contributed by atoms with Crippen LogP contribution in [0.4, 0.5) is 0 Å². The molecule has 2 fully saturated rings. The fraction of sp³-hybridized carbons (Fsp3) is 0.579. The molecule has 6 heteroatoms.